The van der Waals surface area contributed by atoms with Gasteiger partial charge in [-0.1, -0.05) is 32.0 Å². The summed E-state index contributed by atoms with van der Waals surface area (Å²) in [5, 5.41) is 15.9. The number of aromatic amines is 1. The Morgan fingerprint density at radius 3 is 2.56 bits per heavy atom. The molecule has 0 amide bonds. The Balaban J connectivity index is 1.36. The number of fused-ring (bicyclic) bond motifs is 2. The van der Waals surface area contributed by atoms with E-state index in [4.69, 9.17) is 14.2 Å². The molecule has 6 rings (SSSR count). The van der Waals surface area contributed by atoms with Crippen molar-refractivity contribution in [3.63, 3.8) is 0 Å². The molecule has 2 aromatic carbocycles. The van der Waals surface area contributed by atoms with Gasteiger partial charge in [0.25, 0.3) is 5.56 Å². The first kappa shape index (κ1) is 27.0. The van der Waals surface area contributed by atoms with Crippen LogP contribution in [0.5, 0.6) is 17.2 Å². The van der Waals surface area contributed by atoms with E-state index >= 15 is 0 Å². The fourth-order valence-electron chi connectivity index (χ4n) is 5.30. The van der Waals surface area contributed by atoms with Gasteiger partial charge in [-0.15, -0.1) is 16.4 Å². The summed E-state index contributed by atoms with van der Waals surface area (Å²) in [6.45, 7) is 6.90. The summed E-state index contributed by atoms with van der Waals surface area (Å²) in [5.41, 5.74) is 2.31. The van der Waals surface area contributed by atoms with Gasteiger partial charge in [0.1, 0.15) is 19.0 Å². The number of ether oxygens (including phenoxy) is 3. The Bertz CT molecular complexity index is 1680. The van der Waals surface area contributed by atoms with Crippen LogP contribution in [0.15, 0.2) is 64.8 Å². The average Bonchev–Trinajstić information content (AvgIpc) is 3.65. The molecule has 10 nitrogen and oxygen atoms in total. The van der Waals surface area contributed by atoms with Gasteiger partial charge in [0, 0.05) is 35.0 Å². The highest BCUT2D eigenvalue weighted by atomic mass is 32.1. The molecule has 0 aliphatic carbocycles. The lowest BCUT2D eigenvalue weighted by atomic mass is 10.00. The van der Waals surface area contributed by atoms with E-state index in [-0.39, 0.29) is 17.5 Å². The SMILES string of the molecule is COc1ccc(Cn2nnnc2[C@@H](C(C)C)N(Cc2cccs2)Cc2cc3cc4c(cc3[nH]c2=O)OCCO4)cc1. The molecular weight excluding hydrogens is 540 g/mol. The van der Waals surface area contributed by atoms with Gasteiger partial charge in [-0.2, -0.15) is 0 Å². The summed E-state index contributed by atoms with van der Waals surface area (Å²) in [4.78, 5) is 19.9. The second-order valence-electron chi connectivity index (χ2n) is 10.4. The third-order valence-corrected chi connectivity index (χ3v) is 8.10. The number of thiophene rings is 1. The Morgan fingerprint density at radius 2 is 1.85 bits per heavy atom. The first-order valence-electron chi connectivity index (χ1n) is 13.6. The third kappa shape index (κ3) is 5.82. The molecule has 0 radical (unpaired) electrons. The monoisotopic (exact) mass is 572 g/mol. The summed E-state index contributed by atoms with van der Waals surface area (Å²) in [6, 6.07) is 17.6. The molecule has 1 aliphatic heterocycles. The summed E-state index contributed by atoms with van der Waals surface area (Å²) in [6.07, 6.45) is 0. The summed E-state index contributed by atoms with van der Waals surface area (Å²) < 4.78 is 18.7. The van der Waals surface area contributed by atoms with Crippen LogP contribution in [-0.2, 0) is 19.6 Å². The smallest absolute Gasteiger partial charge is 0.252 e. The molecule has 0 bridgehead atoms. The van der Waals surface area contributed by atoms with Gasteiger partial charge >= 0.3 is 0 Å². The van der Waals surface area contributed by atoms with Crippen LogP contribution in [0.3, 0.4) is 0 Å². The number of tetrazole rings is 1. The molecule has 41 heavy (non-hydrogen) atoms. The number of nitrogens with one attached hydrogen (secondary N) is 1. The Morgan fingerprint density at radius 1 is 1.07 bits per heavy atom. The predicted octanol–water partition coefficient (Wildman–Crippen LogP) is 4.80. The molecule has 1 atom stereocenters. The maximum Gasteiger partial charge on any atom is 0.252 e. The summed E-state index contributed by atoms with van der Waals surface area (Å²) in [7, 11) is 1.65. The summed E-state index contributed by atoms with van der Waals surface area (Å²) >= 11 is 1.69. The molecule has 0 spiro atoms. The summed E-state index contributed by atoms with van der Waals surface area (Å²) in [5.74, 6) is 3.05. The van der Waals surface area contributed by atoms with Gasteiger partial charge in [-0.25, -0.2) is 4.68 Å². The first-order valence-corrected chi connectivity index (χ1v) is 14.5. The third-order valence-electron chi connectivity index (χ3n) is 7.24. The maximum absolute atomic E-state index is 13.4. The maximum atomic E-state index is 13.4. The van der Waals surface area contributed by atoms with Crippen LogP contribution in [0.1, 0.15) is 41.7 Å². The minimum atomic E-state index is -0.152. The van der Waals surface area contributed by atoms with Gasteiger partial charge in [0.05, 0.1) is 25.2 Å². The second kappa shape index (κ2) is 11.7. The van der Waals surface area contributed by atoms with E-state index in [1.165, 1.54) is 4.88 Å². The van der Waals surface area contributed by atoms with E-state index in [1.807, 2.05) is 53.2 Å². The lowest BCUT2D eigenvalue weighted by Gasteiger charge is -2.33. The highest BCUT2D eigenvalue weighted by Crippen LogP contribution is 2.35. The number of benzene rings is 2. The van der Waals surface area contributed by atoms with Crippen molar-refractivity contribution in [1.82, 2.24) is 30.1 Å². The highest BCUT2D eigenvalue weighted by Gasteiger charge is 2.30. The number of H-pyrrole nitrogens is 1. The number of pyridine rings is 1. The zero-order valence-corrected chi connectivity index (χ0v) is 24.1. The van der Waals surface area contributed by atoms with Gasteiger partial charge in [-0.3, -0.25) is 9.69 Å². The molecule has 11 heteroatoms. The molecule has 212 valence electrons. The number of methoxy groups -OCH3 is 1. The van der Waals surface area contributed by atoms with E-state index < -0.39 is 0 Å². The van der Waals surface area contributed by atoms with Crippen LogP contribution in [0.4, 0.5) is 0 Å². The van der Waals surface area contributed by atoms with Crippen LogP contribution in [0.2, 0.25) is 0 Å². The number of hydrogen-bond donors (Lipinski definition) is 1. The zero-order valence-electron chi connectivity index (χ0n) is 23.2. The lowest BCUT2D eigenvalue weighted by Crippen LogP contribution is -2.35. The largest absolute Gasteiger partial charge is 0.497 e. The molecular formula is C30H32N6O4S. The quantitative estimate of drug-likeness (QED) is 0.254. The van der Waals surface area contributed by atoms with Crippen LogP contribution in [-0.4, -0.2) is 50.4 Å². The van der Waals surface area contributed by atoms with Gasteiger partial charge in [0.15, 0.2) is 17.3 Å². The van der Waals surface area contributed by atoms with E-state index in [0.717, 1.165) is 28.0 Å². The number of hydrogen-bond acceptors (Lipinski definition) is 9. The molecule has 4 heterocycles. The van der Waals surface area contributed by atoms with Crippen molar-refractivity contribution in [1.29, 1.82) is 0 Å². The molecule has 1 N–H and O–H groups in total. The second-order valence-corrected chi connectivity index (χ2v) is 11.5. The van der Waals surface area contributed by atoms with Crippen molar-refractivity contribution < 1.29 is 14.2 Å². The van der Waals surface area contributed by atoms with Gasteiger partial charge in [0.2, 0.25) is 0 Å². The highest BCUT2D eigenvalue weighted by molar-refractivity contribution is 7.09. The van der Waals surface area contributed by atoms with Crippen molar-refractivity contribution in [2.24, 2.45) is 5.92 Å². The van der Waals surface area contributed by atoms with Crippen molar-refractivity contribution in [2.45, 2.75) is 39.5 Å². The Labute approximate surface area is 241 Å². The lowest BCUT2D eigenvalue weighted by molar-refractivity contribution is 0.127. The molecule has 3 aromatic heterocycles. The molecule has 0 fully saturated rings. The first-order chi connectivity index (χ1) is 20.0. The van der Waals surface area contributed by atoms with E-state index in [0.29, 0.717) is 49.9 Å². The number of rotatable bonds is 10. The predicted molar refractivity (Wildman–Crippen MR) is 157 cm³/mol. The fraction of sp³-hybridized carbons (Fsp3) is 0.333. The average molecular weight is 573 g/mol. The molecule has 5 aromatic rings. The molecule has 0 saturated carbocycles. The van der Waals surface area contributed by atoms with E-state index in [1.54, 1.807) is 18.4 Å². The van der Waals surface area contributed by atoms with Crippen LogP contribution >= 0.6 is 11.3 Å². The Kier molecular flexibility index (Phi) is 7.71. The number of aromatic nitrogens is 5. The van der Waals surface area contributed by atoms with Gasteiger partial charge < -0.3 is 19.2 Å². The van der Waals surface area contributed by atoms with Crippen LogP contribution in [0, 0.1) is 5.92 Å². The zero-order chi connectivity index (χ0) is 28.3. The molecule has 1 aliphatic rings. The van der Waals surface area contributed by atoms with Crippen molar-refractivity contribution >= 4 is 22.2 Å². The van der Waals surface area contributed by atoms with Crippen LogP contribution in [0.25, 0.3) is 10.9 Å². The topological polar surface area (TPSA) is 107 Å². The fourth-order valence-corrected chi connectivity index (χ4v) is 6.03. The minimum absolute atomic E-state index is 0.134. The standard InChI is InChI=1S/C30H32N6O4S/c1-19(2)28(29-32-33-34-36(29)16-20-6-8-23(38-3)9-7-20)35(18-24-5-4-12-41-24)17-22-13-21-14-26-27(40-11-10-39-26)15-25(21)31-30(22)37/h4-9,12-15,19,28H,10-11,16-18H2,1-3H3,(H,31,37)/t28-/m1/s1. The van der Waals surface area contributed by atoms with Crippen molar-refractivity contribution in [3.05, 3.63) is 92.2 Å². The van der Waals surface area contributed by atoms with E-state index in [9.17, 15) is 4.79 Å². The van der Waals surface area contributed by atoms with Gasteiger partial charge in [-0.05, 0) is 57.6 Å². The Hall–Kier alpha value is -4.22. The number of nitrogens with zero attached hydrogens (tertiary/aromatic N) is 5. The van der Waals surface area contributed by atoms with Crippen LogP contribution < -0.4 is 19.8 Å². The van der Waals surface area contributed by atoms with E-state index in [2.05, 4.69) is 50.7 Å². The molecule has 0 unspecified atom stereocenters. The van der Waals surface area contributed by atoms with Crippen molar-refractivity contribution in [2.75, 3.05) is 20.3 Å². The normalized spacial score (nSPS) is 13.7. The minimum Gasteiger partial charge on any atom is -0.497 e. The molecule has 0 saturated heterocycles. The van der Waals surface area contributed by atoms with Crippen molar-refractivity contribution in [3.8, 4) is 17.2 Å².